The summed E-state index contributed by atoms with van der Waals surface area (Å²) in [6.45, 7) is 4.59. The van der Waals surface area contributed by atoms with Gasteiger partial charge in [-0.25, -0.2) is 14.3 Å². The van der Waals surface area contributed by atoms with Crippen LogP contribution in [0, 0.1) is 0 Å². The number of hydrogen-bond acceptors (Lipinski definition) is 6. The minimum atomic E-state index is -0.550. The first-order chi connectivity index (χ1) is 14.9. The molecule has 168 valence electrons. The standard InChI is InChI=1S/C21H29N5O4S/c1-4-6-10-25-19-18(24(9-5-2)16(14-27)22-19)20(29)26(21(25)30)13-17(28)23(3)12-15-8-7-11-31-15/h7-8,11,27H,4-6,9-10,12-14H2,1-3H3. The first-order valence-electron chi connectivity index (χ1n) is 10.5. The van der Waals surface area contributed by atoms with Crippen LogP contribution >= 0.6 is 11.3 Å². The quantitative estimate of drug-likeness (QED) is 0.510. The van der Waals surface area contributed by atoms with E-state index in [-0.39, 0.29) is 30.2 Å². The highest BCUT2D eigenvalue weighted by Crippen LogP contribution is 2.14. The number of carbonyl (C=O) groups excluding carboxylic acids is 1. The van der Waals surface area contributed by atoms with Crippen LogP contribution in [-0.4, -0.2) is 41.6 Å². The third-order valence-corrected chi connectivity index (χ3v) is 6.07. The van der Waals surface area contributed by atoms with E-state index in [9.17, 15) is 19.5 Å². The van der Waals surface area contributed by atoms with Crippen LogP contribution in [-0.2, 0) is 37.6 Å². The Morgan fingerprint density at radius 2 is 1.94 bits per heavy atom. The van der Waals surface area contributed by atoms with E-state index in [1.165, 1.54) is 9.47 Å². The largest absolute Gasteiger partial charge is 0.388 e. The van der Waals surface area contributed by atoms with Gasteiger partial charge in [0, 0.05) is 25.0 Å². The number of aromatic nitrogens is 4. The molecule has 3 heterocycles. The number of amides is 1. The number of rotatable bonds is 10. The van der Waals surface area contributed by atoms with Crippen molar-refractivity contribution < 1.29 is 9.90 Å². The van der Waals surface area contributed by atoms with Crippen LogP contribution in [0.25, 0.3) is 11.2 Å². The van der Waals surface area contributed by atoms with Crippen LogP contribution in [0.1, 0.15) is 43.8 Å². The molecule has 0 atom stereocenters. The normalized spacial score (nSPS) is 11.4. The van der Waals surface area contributed by atoms with Gasteiger partial charge < -0.3 is 14.6 Å². The van der Waals surface area contributed by atoms with Crippen molar-refractivity contribution in [2.24, 2.45) is 0 Å². The second-order valence-corrected chi connectivity index (χ2v) is 8.55. The summed E-state index contributed by atoms with van der Waals surface area (Å²) in [5, 5.41) is 11.7. The molecule has 0 bridgehead atoms. The smallest absolute Gasteiger partial charge is 0.333 e. The van der Waals surface area contributed by atoms with Gasteiger partial charge in [-0.15, -0.1) is 11.3 Å². The minimum Gasteiger partial charge on any atom is -0.388 e. The second-order valence-electron chi connectivity index (χ2n) is 7.52. The third-order valence-electron chi connectivity index (χ3n) is 5.21. The number of nitrogens with zero attached hydrogens (tertiary/aromatic N) is 5. The van der Waals surface area contributed by atoms with Crippen molar-refractivity contribution in [3.63, 3.8) is 0 Å². The molecule has 3 aromatic rings. The maximum absolute atomic E-state index is 13.3. The molecule has 3 rings (SSSR count). The molecule has 0 saturated heterocycles. The zero-order valence-corrected chi connectivity index (χ0v) is 19.0. The molecule has 31 heavy (non-hydrogen) atoms. The Balaban J connectivity index is 2.09. The molecule has 0 fully saturated rings. The third kappa shape index (κ3) is 4.64. The van der Waals surface area contributed by atoms with E-state index in [0.29, 0.717) is 25.5 Å². The molecule has 0 aliphatic heterocycles. The first-order valence-corrected chi connectivity index (χ1v) is 11.4. The van der Waals surface area contributed by atoms with E-state index in [1.54, 1.807) is 23.0 Å². The number of hydrogen-bond donors (Lipinski definition) is 1. The van der Waals surface area contributed by atoms with Crippen molar-refractivity contribution in [2.45, 2.75) is 65.9 Å². The van der Waals surface area contributed by atoms with Crippen molar-refractivity contribution in [3.8, 4) is 0 Å². The summed E-state index contributed by atoms with van der Waals surface area (Å²) in [5.74, 6) is 0.0235. The van der Waals surface area contributed by atoms with E-state index < -0.39 is 11.2 Å². The molecule has 3 aromatic heterocycles. The summed E-state index contributed by atoms with van der Waals surface area (Å²) in [4.78, 5) is 46.3. The Kier molecular flexibility index (Phi) is 7.45. The molecule has 1 N–H and O–H groups in total. The molecule has 0 unspecified atom stereocenters. The van der Waals surface area contributed by atoms with Crippen LogP contribution in [0.15, 0.2) is 27.1 Å². The molecule has 0 aliphatic rings. The molecule has 0 aromatic carbocycles. The van der Waals surface area contributed by atoms with Gasteiger partial charge in [-0.1, -0.05) is 26.3 Å². The minimum absolute atomic E-state index is 0.260. The predicted octanol–water partition coefficient (Wildman–Crippen LogP) is 1.78. The van der Waals surface area contributed by atoms with Crippen LogP contribution in [0.4, 0.5) is 0 Å². The number of thiophene rings is 1. The highest BCUT2D eigenvalue weighted by atomic mass is 32.1. The molecule has 10 heteroatoms. The van der Waals surface area contributed by atoms with Crippen molar-refractivity contribution in [1.29, 1.82) is 0 Å². The molecular formula is C21H29N5O4S. The van der Waals surface area contributed by atoms with E-state index in [1.807, 2.05) is 31.4 Å². The highest BCUT2D eigenvalue weighted by molar-refractivity contribution is 7.09. The van der Waals surface area contributed by atoms with Gasteiger partial charge in [0.2, 0.25) is 5.91 Å². The monoisotopic (exact) mass is 447 g/mol. The average molecular weight is 448 g/mol. The topological polar surface area (TPSA) is 102 Å². The first kappa shape index (κ1) is 23.0. The Morgan fingerprint density at radius 1 is 1.16 bits per heavy atom. The van der Waals surface area contributed by atoms with Gasteiger partial charge >= 0.3 is 5.69 Å². The van der Waals surface area contributed by atoms with Crippen LogP contribution in [0.5, 0.6) is 0 Å². The lowest BCUT2D eigenvalue weighted by molar-refractivity contribution is -0.131. The van der Waals surface area contributed by atoms with Crippen LogP contribution in [0.3, 0.4) is 0 Å². The van der Waals surface area contributed by atoms with Crippen LogP contribution < -0.4 is 11.2 Å². The van der Waals surface area contributed by atoms with Crippen molar-refractivity contribution in [2.75, 3.05) is 7.05 Å². The van der Waals surface area contributed by atoms with Gasteiger partial charge in [0.05, 0.1) is 6.54 Å². The predicted molar refractivity (Wildman–Crippen MR) is 120 cm³/mol. The van der Waals surface area contributed by atoms with Crippen molar-refractivity contribution >= 4 is 28.4 Å². The number of likely N-dealkylation sites (N-methyl/N-ethyl adjacent to an activating group) is 1. The summed E-state index contributed by atoms with van der Waals surface area (Å²) in [6.07, 6.45) is 2.32. The zero-order chi connectivity index (χ0) is 22.5. The molecule has 9 nitrogen and oxygen atoms in total. The zero-order valence-electron chi connectivity index (χ0n) is 18.2. The van der Waals surface area contributed by atoms with Gasteiger partial charge in [0.25, 0.3) is 5.56 Å². The Bertz CT molecular complexity index is 1160. The highest BCUT2D eigenvalue weighted by Gasteiger charge is 2.23. The number of fused-ring (bicyclic) bond motifs is 1. The maximum atomic E-state index is 13.3. The lowest BCUT2D eigenvalue weighted by atomic mass is 10.3. The summed E-state index contributed by atoms with van der Waals surface area (Å²) in [5.41, 5.74) is -0.562. The van der Waals surface area contributed by atoms with Gasteiger partial charge in [-0.2, -0.15) is 0 Å². The number of unbranched alkanes of at least 4 members (excludes halogenated alkanes) is 1. The summed E-state index contributed by atoms with van der Waals surface area (Å²) >= 11 is 1.54. The van der Waals surface area contributed by atoms with E-state index in [4.69, 9.17) is 0 Å². The lowest BCUT2D eigenvalue weighted by Crippen LogP contribution is -2.44. The summed E-state index contributed by atoms with van der Waals surface area (Å²) in [7, 11) is 1.66. The van der Waals surface area contributed by atoms with Gasteiger partial charge in [0.1, 0.15) is 19.0 Å². The maximum Gasteiger partial charge on any atom is 0.333 e. The Labute approximate surface area is 184 Å². The Hall–Kier alpha value is -2.72. The SMILES string of the molecule is CCCCn1c(=O)n(CC(=O)N(C)Cc2cccs2)c(=O)c2c1nc(CO)n2CCC. The molecule has 0 spiro atoms. The number of aryl methyl sites for hydroxylation is 2. The number of aliphatic hydroxyl groups is 1. The molecule has 1 amide bonds. The number of aliphatic hydroxyl groups excluding tert-OH is 1. The average Bonchev–Trinajstić information content (AvgIpc) is 3.39. The van der Waals surface area contributed by atoms with Crippen molar-refractivity contribution in [1.82, 2.24) is 23.6 Å². The number of carbonyl (C=O) groups is 1. The molecular weight excluding hydrogens is 418 g/mol. The molecule has 0 aliphatic carbocycles. The fraction of sp³-hybridized carbons (Fsp3) is 0.524. The summed E-state index contributed by atoms with van der Waals surface area (Å²) in [6, 6.07) is 3.85. The van der Waals surface area contributed by atoms with E-state index in [0.717, 1.165) is 28.7 Å². The molecule has 0 radical (unpaired) electrons. The fourth-order valence-corrected chi connectivity index (χ4v) is 4.32. The van der Waals surface area contributed by atoms with Crippen LogP contribution in [0.2, 0.25) is 0 Å². The van der Waals surface area contributed by atoms with Crippen molar-refractivity contribution in [3.05, 3.63) is 49.1 Å². The fourth-order valence-electron chi connectivity index (χ4n) is 3.56. The second kappa shape index (κ2) is 10.1. The Morgan fingerprint density at radius 3 is 2.55 bits per heavy atom. The lowest BCUT2D eigenvalue weighted by Gasteiger charge is -2.18. The van der Waals surface area contributed by atoms with Gasteiger partial charge in [-0.3, -0.25) is 14.2 Å². The van der Waals surface area contributed by atoms with E-state index in [2.05, 4.69) is 4.98 Å². The summed E-state index contributed by atoms with van der Waals surface area (Å²) < 4.78 is 4.12. The van der Waals surface area contributed by atoms with E-state index >= 15 is 0 Å². The van der Waals surface area contributed by atoms with Gasteiger partial charge in [-0.05, 0) is 24.3 Å². The van der Waals surface area contributed by atoms with Gasteiger partial charge in [0.15, 0.2) is 11.2 Å². The molecule has 0 saturated carbocycles. The number of imidazole rings is 1.